The Bertz CT molecular complexity index is 3060. The number of likely N-dealkylation sites (N-methyl/N-ethyl adjacent to an activating group) is 2. The standard InChI is InChI=1S/C62H84F8N12O12/c1-8-34(2)54(80(5)48(86)33-72-4)43(92-6)30-47(85)82-26-12-16-42(82)55(93-7)35(3)57(87)79-41(29-39-14-9-10-23-73-39)58(88)76-31-36-18-20-38(21-19-36)77-59(89)40(15-11-24-74-61(71)91)78-46(84)32-75-45(83)17-13-25-81-27-22-37(28-44(81)62(68,69)70)60(90)94-56-52(66)50(64)49(63)51(65)53(56)67/h9-10,14,18-21,23,34-35,37,40-44,54-55,72H,8,11-13,15-17,22,24-33H2,1-7H3,(H,75,83)(H,76,88)(H,77,89)(H,78,84)(H,79,87)(H3,71,74,91). The third kappa shape index (κ3) is 21.7. The second-order valence-corrected chi connectivity index (χ2v) is 23.2. The summed E-state index contributed by atoms with van der Waals surface area (Å²) in [6.45, 7) is 4.68. The van der Waals surface area contributed by atoms with Gasteiger partial charge in [0.1, 0.15) is 18.1 Å². The third-order valence-corrected chi connectivity index (χ3v) is 16.8. The van der Waals surface area contributed by atoms with Crippen LogP contribution in [0.2, 0.25) is 0 Å². The van der Waals surface area contributed by atoms with Crippen molar-refractivity contribution in [3.63, 3.8) is 0 Å². The molecule has 0 bridgehead atoms. The number of hydrogen-bond acceptors (Lipinski definition) is 15. The molecule has 5 rings (SSSR count). The molecule has 2 aliphatic heterocycles. The van der Waals surface area contributed by atoms with E-state index in [1.165, 1.54) is 26.4 Å². The van der Waals surface area contributed by atoms with Gasteiger partial charge in [0.05, 0.1) is 55.6 Å². The number of halogens is 8. The number of aromatic nitrogens is 1. The van der Waals surface area contributed by atoms with Crippen molar-refractivity contribution in [1.29, 1.82) is 0 Å². The van der Waals surface area contributed by atoms with E-state index in [4.69, 9.17) is 15.2 Å². The summed E-state index contributed by atoms with van der Waals surface area (Å²) in [6.07, 6.45) is -4.82. The summed E-state index contributed by atoms with van der Waals surface area (Å²) in [7, 11) is 6.35. The predicted molar refractivity (Wildman–Crippen MR) is 324 cm³/mol. The number of pyridine rings is 1. The summed E-state index contributed by atoms with van der Waals surface area (Å²) in [5.74, 6) is -22.2. The molecule has 24 nitrogen and oxygen atoms in total. The molecule has 2 saturated heterocycles. The smallest absolute Gasteiger partial charge is 0.404 e. The number of amides is 9. The van der Waals surface area contributed by atoms with E-state index in [1.807, 2.05) is 13.8 Å². The van der Waals surface area contributed by atoms with Crippen LogP contribution >= 0.6 is 0 Å². The first-order valence-electron chi connectivity index (χ1n) is 30.8. The molecule has 3 aromatic rings. The molecule has 10 atom stereocenters. The Hall–Kier alpha value is -8.10. The zero-order chi connectivity index (χ0) is 69.6. The number of methoxy groups -OCH3 is 2. The first-order valence-corrected chi connectivity index (χ1v) is 30.8. The van der Waals surface area contributed by atoms with Gasteiger partial charge in [-0.2, -0.15) is 22.0 Å². The molecule has 9 N–H and O–H groups in total. The summed E-state index contributed by atoms with van der Waals surface area (Å²) in [4.78, 5) is 128. The monoisotopic (exact) mass is 1340 g/mol. The predicted octanol–water partition coefficient (Wildman–Crippen LogP) is 4.28. The fourth-order valence-electron chi connectivity index (χ4n) is 11.5. The van der Waals surface area contributed by atoms with Crippen molar-refractivity contribution in [3.05, 3.63) is 89.0 Å². The number of anilines is 1. The molecule has 32 heteroatoms. The van der Waals surface area contributed by atoms with E-state index in [0.29, 0.717) is 30.6 Å². The van der Waals surface area contributed by atoms with Crippen LogP contribution in [-0.2, 0) is 60.8 Å². The first-order chi connectivity index (χ1) is 44.5. The minimum absolute atomic E-state index is 0.00267. The van der Waals surface area contributed by atoms with Gasteiger partial charge in [-0.15, -0.1) is 0 Å². The number of nitrogens with zero attached hydrogens (tertiary/aromatic N) is 4. The Morgan fingerprint density at radius 1 is 0.787 bits per heavy atom. The Kier molecular flexibility index (Phi) is 29.8. The first kappa shape index (κ1) is 76.6. The maximum Gasteiger partial charge on any atom is 0.404 e. The number of nitrogens with one attached hydrogen (secondary N) is 7. The maximum absolute atomic E-state index is 14.2. The zero-order valence-corrected chi connectivity index (χ0v) is 53.4. The molecule has 2 aliphatic rings. The van der Waals surface area contributed by atoms with Gasteiger partial charge >= 0.3 is 18.2 Å². The number of carbonyl (C=O) groups excluding carboxylic acids is 9. The van der Waals surface area contributed by atoms with Gasteiger partial charge in [0.25, 0.3) is 0 Å². The summed E-state index contributed by atoms with van der Waals surface area (Å²) < 4.78 is 128. The zero-order valence-electron chi connectivity index (χ0n) is 53.4. The van der Waals surface area contributed by atoms with Gasteiger partial charge in [0, 0.05) is 71.3 Å². The minimum Gasteiger partial charge on any atom is -0.420 e. The van der Waals surface area contributed by atoms with Gasteiger partial charge in [-0.1, -0.05) is 45.4 Å². The number of esters is 1. The van der Waals surface area contributed by atoms with E-state index in [1.54, 1.807) is 67.3 Å². The number of rotatable bonds is 34. The van der Waals surface area contributed by atoms with Crippen molar-refractivity contribution >= 4 is 59.0 Å². The van der Waals surface area contributed by atoms with Crippen LogP contribution in [0, 0.1) is 46.8 Å². The van der Waals surface area contributed by atoms with Gasteiger partial charge in [0.15, 0.2) is 0 Å². The van der Waals surface area contributed by atoms with Gasteiger partial charge in [0.2, 0.25) is 76.2 Å². The summed E-state index contributed by atoms with van der Waals surface area (Å²) in [6, 6.07) is 4.93. The van der Waals surface area contributed by atoms with Crippen LogP contribution in [0.4, 0.5) is 45.6 Å². The largest absolute Gasteiger partial charge is 0.420 e. The molecule has 0 spiro atoms. The lowest BCUT2D eigenvalue weighted by Crippen LogP contribution is -2.55. The average Bonchev–Trinajstić information content (AvgIpc) is 0.923. The summed E-state index contributed by atoms with van der Waals surface area (Å²) in [5.41, 5.74) is 6.50. The fourth-order valence-corrected chi connectivity index (χ4v) is 11.5. The molecule has 94 heavy (non-hydrogen) atoms. The summed E-state index contributed by atoms with van der Waals surface area (Å²) in [5, 5.41) is 18.5. The summed E-state index contributed by atoms with van der Waals surface area (Å²) >= 11 is 0. The third-order valence-electron chi connectivity index (χ3n) is 16.8. The molecule has 9 amide bonds. The van der Waals surface area contributed by atoms with Crippen LogP contribution < -0.4 is 47.7 Å². The molecular formula is C62H84F8N12O12. The fraction of sp³-hybridized carbons (Fsp3) is 0.581. The molecule has 0 saturated carbocycles. The van der Waals surface area contributed by atoms with Crippen LogP contribution in [0.1, 0.15) is 96.2 Å². The molecule has 3 heterocycles. The second-order valence-electron chi connectivity index (χ2n) is 23.2. The Morgan fingerprint density at radius 2 is 1.47 bits per heavy atom. The molecule has 520 valence electrons. The molecule has 2 aromatic carbocycles. The molecule has 10 unspecified atom stereocenters. The Balaban J connectivity index is 1.15. The number of primary amides is 1. The highest BCUT2D eigenvalue weighted by molar-refractivity contribution is 5.98. The van der Waals surface area contributed by atoms with E-state index in [2.05, 4.69) is 46.9 Å². The quantitative estimate of drug-likeness (QED) is 0.0103. The van der Waals surface area contributed by atoms with Crippen molar-refractivity contribution in [2.24, 2.45) is 23.5 Å². The van der Waals surface area contributed by atoms with E-state index in [0.717, 1.165) is 11.3 Å². The van der Waals surface area contributed by atoms with Crippen molar-refractivity contribution in [2.45, 2.75) is 147 Å². The van der Waals surface area contributed by atoms with Gasteiger partial charge in [-0.05, 0) is 101 Å². The molecule has 1 aromatic heterocycles. The molecule has 0 radical (unpaired) electrons. The number of urea groups is 1. The number of ether oxygens (including phenoxy) is 3. The minimum atomic E-state index is -4.98. The van der Waals surface area contributed by atoms with Crippen molar-refractivity contribution in [3.8, 4) is 5.75 Å². The molecule has 0 aliphatic carbocycles. The number of alkyl halides is 3. The van der Waals surface area contributed by atoms with E-state index in [-0.39, 0.29) is 88.1 Å². The highest BCUT2D eigenvalue weighted by Crippen LogP contribution is 2.37. The lowest BCUT2D eigenvalue weighted by molar-refractivity contribution is -0.197. The normalized spacial score (nSPS) is 18.1. The van der Waals surface area contributed by atoms with Crippen LogP contribution in [0.15, 0.2) is 48.7 Å². The van der Waals surface area contributed by atoms with Crippen LogP contribution in [0.5, 0.6) is 5.75 Å². The van der Waals surface area contributed by atoms with Gasteiger partial charge in [-0.3, -0.25) is 48.2 Å². The van der Waals surface area contributed by atoms with E-state index < -0.39 is 163 Å². The molecule has 2 fully saturated rings. The van der Waals surface area contributed by atoms with Crippen molar-refractivity contribution in [2.75, 3.05) is 72.9 Å². The Morgan fingerprint density at radius 3 is 2.07 bits per heavy atom. The van der Waals surface area contributed by atoms with Crippen molar-refractivity contribution in [1.82, 2.24) is 51.6 Å². The number of benzene rings is 2. The van der Waals surface area contributed by atoms with E-state index >= 15 is 0 Å². The number of piperidine rings is 1. The second kappa shape index (κ2) is 36.5. The average molecular weight is 1340 g/mol. The van der Waals surface area contributed by atoms with Gasteiger partial charge in [-0.25, -0.2) is 18.0 Å². The highest BCUT2D eigenvalue weighted by Gasteiger charge is 2.49. The highest BCUT2D eigenvalue weighted by atomic mass is 19.4. The SMILES string of the molecule is CCC(C)C(C(CC(=O)N1CCCC1C(OC)C(C)C(=O)NC(Cc1ccccn1)C(=O)NCc1ccc(NC(=O)C(CCCNC(N)=O)NC(=O)CNC(=O)CCCN2CCC(C(=O)Oc3c(F)c(F)c(F)c(F)c3F)CC2C(F)(F)F)cc1)OC)N(C)C(=O)CNC. The van der Waals surface area contributed by atoms with E-state index in [9.17, 15) is 78.3 Å². The number of nitrogens with two attached hydrogens (primary N) is 1. The number of likely N-dealkylation sites (tertiary alicyclic amines) is 2. The van der Waals surface area contributed by atoms with Crippen LogP contribution in [-0.4, -0.2) is 189 Å². The molecular weight excluding hydrogens is 1260 g/mol. The lowest BCUT2D eigenvalue weighted by atomic mass is 9.90. The lowest BCUT2D eigenvalue weighted by Gasteiger charge is -2.39. The number of carbonyl (C=O) groups is 9. The van der Waals surface area contributed by atoms with Crippen LogP contribution in [0.25, 0.3) is 0 Å². The van der Waals surface area contributed by atoms with Crippen molar-refractivity contribution < 1.29 is 92.5 Å². The van der Waals surface area contributed by atoms with Gasteiger partial charge < -0.3 is 67.0 Å². The van der Waals surface area contributed by atoms with Crippen LogP contribution in [0.3, 0.4) is 0 Å². The Labute approximate surface area is 539 Å². The topological polar surface area (TPSA) is 314 Å². The number of hydrogen-bond donors (Lipinski definition) is 8. The maximum atomic E-state index is 14.2.